The number of benzene rings is 1. The molecule has 1 aromatic carbocycles. The molecule has 0 aromatic heterocycles. The zero-order valence-corrected chi connectivity index (χ0v) is 13.7. The molecule has 0 heterocycles. The van der Waals surface area contributed by atoms with E-state index in [2.05, 4.69) is 36.9 Å². The Morgan fingerprint density at radius 3 is 2.41 bits per heavy atom. The predicted molar refractivity (Wildman–Crippen MR) is 97.2 cm³/mol. The van der Waals surface area contributed by atoms with E-state index in [4.69, 9.17) is 0 Å². The maximum atomic E-state index is 9.40. The third kappa shape index (κ3) is 10.0. The number of hydrogen-bond acceptors (Lipinski definition) is 1. The fourth-order valence-electron chi connectivity index (χ4n) is 2.41. The van der Waals surface area contributed by atoms with Crippen molar-refractivity contribution in [1.82, 2.24) is 0 Å². The highest BCUT2D eigenvalue weighted by molar-refractivity contribution is 5.27. The van der Waals surface area contributed by atoms with E-state index in [1.54, 1.807) is 6.07 Å². The van der Waals surface area contributed by atoms with E-state index in [-0.39, 0.29) is 0 Å². The van der Waals surface area contributed by atoms with Crippen LogP contribution in [-0.4, -0.2) is 5.11 Å². The van der Waals surface area contributed by atoms with Crippen LogP contribution in [0.25, 0.3) is 0 Å². The van der Waals surface area contributed by atoms with Crippen LogP contribution in [0, 0.1) is 0 Å². The van der Waals surface area contributed by atoms with E-state index in [1.165, 1.54) is 44.1 Å². The Morgan fingerprint density at radius 2 is 1.59 bits per heavy atom. The molecule has 0 unspecified atom stereocenters. The molecular weight excluding hydrogens is 268 g/mol. The van der Waals surface area contributed by atoms with Gasteiger partial charge in [0, 0.05) is 0 Å². The van der Waals surface area contributed by atoms with Crippen molar-refractivity contribution in [2.45, 2.75) is 57.8 Å². The molecule has 0 aliphatic carbocycles. The lowest BCUT2D eigenvalue weighted by Gasteiger charge is -2.02. The molecule has 120 valence electrons. The molecular formula is C21H30O. The summed E-state index contributed by atoms with van der Waals surface area (Å²) in [5.74, 6) is 0.378. The van der Waals surface area contributed by atoms with Crippen molar-refractivity contribution in [1.29, 1.82) is 0 Å². The van der Waals surface area contributed by atoms with E-state index in [1.807, 2.05) is 18.2 Å². The number of phenolic OH excluding ortho intramolecular Hbond substituents is 1. The van der Waals surface area contributed by atoms with Gasteiger partial charge < -0.3 is 5.11 Å². The van der Waals surface area contributed by atoms with Gasteiger partial charge >= 0.3 is 0 Å². The van der Waals surface area contributed by atoms with Gasteiger partial charge in [-0.2, -0.15) is 0 Å². The van der Waals surface area contributed by atoms with Crippen molar-refractivity contribution in [3.8, 4) is 5.75 Å². The number of phenols is 1. The molecule has 0 spiro atoms. The second kappa shape index (κ2) is 12.9. The maximum Gasteiger partial charge on any atom is 0.115 e. The quantitative estimate of drug-likeness (QED) is 0.352. The Balaban J connectivity index is 1.91. The molecule has 1 aromatic rings. The number of unbranched alkanes of at least 4 members (excludes halogenated alkanes) is 5. The molecule has 0 saturated carbocycles. The van der Waals surface area contributed by atoms with Gasteiger partial charge in [-0.1, -0.05) is 61.8 Å². The molecule has 1 heteroatoms. The SMILES string of the molecule is C=CC/C=C/C/C=C/CCCCCCCc1cccc(O)c1. The number of hydrogen-bond donors (Lipinski definition) is 1. The fourth-order valence-corrected chi connectivity index (χ4v) is 2.41. The molecule has 0 bridgehead atoms. The van der Waals surface area contributed by atoms with Crippen LogP contribution in [0.15, 0.2) is 61.2 Å². The first-order valence-corrected chi connectivity index (χ1v) is 8.51. The summed E-state index contributed by atoms with van der Waals surface area (Å²) in [5, 5.41) is 9.40. The Kier molecular flexibility index (Phi) is 10.8. The van der Waals surface area contributed by atoms with Crippen molar-refractivity contribution in [2.24, 2.45) is 0 Å². The highest BCUT2D eigenvalue weighted by atomic mass is 16.3. The van der Waals surface area contributed by atoms with Gasteiger partial charge in [-0.15, -0.1) is 6.58 Å². The lowest BCUT2D eigenvalue weighted by Crippen LogP contribution is -1.86. The van der Waals surface area contributed by atoms with Crippen LogP contribution in [-0.2, 0) is 6.42 Å². The van der Waals surface area contributed by atoms with Crippen molar-refractivity contribution in [3.05, 3.63) is 66.8 Å². The van der Waals surface area contributed by atoms with Crippen molar-refractivity contribution in [2.75, 3.05) is 0 Å². The second-order valence-electron chi connectivity index (χ2n) is 5.68. The largest absolute Gasteiger partial charge is 0.508 e. The summed E-state index contributed by atoms with van der Waals surface area (Å²) in [7, 11) is 0. The van der Waals surface area contributed by atoms with Crippen LogP contribution in [0.4, 0.5) is 0 Å². The molecule has 22 heavy (non-hydrogen) atoms. The highest BCUT2D eigenvalue weighted by Crippen LogP contribution is 2.14. The van der Waals surface area contributed by atoms with Gasteiger partial charge in [0.2, 0.25) is 0 Å². The highest BCUT2D eigenvalue weighted by Gasteiger charge is 1.95. The molecule has 0 aliphatic heterocycles. The first kappa shape index (κ1) is 18.3. The number of aromatic hydroxyl groups is 1. The van der Waals surface area contributed by atoms with Gasteiger partial charge in [-0.25, -0.2) is 0 Å². The monoisotopic (exact) mass is 298 g/mol. The molecule has 1 N–H and O–H groups in total. The average molecular weight is 298 g/mol. The summed E-state index contributed by atoms with van der Waals surface area (Å²) >= 11 is 0. The lowest BCUT2D eigenvalue weighted by atomic mass is 10.0. The van der Waals surface area contributed by atoms with E-state index < -0.39 is 0 Å². The van der Waals surface area contributed by atoms with Gasteiger partial charge in [0.25, 0.3) is 0 Å². The molecule has 0 aliphatic rings. The van der Waals surface area contributed by atoms with E-state index in [0.29, 0.717) is 5.75 Å². The Bertz CT molecular complexity index is 457. The molecule has 0 atom stereocenters. The van der Waals surface area contributed by atoms with Crippen LogP contribution in [0.2, 0.25) is 0 Å². The minimum atomic E-state index is 0.378. The third-order valence-corrected chi connectivity index (χ3v) is 3.66. The Hall–Kier alpha value is -1.76. The zero-order valence-electron chi connectivity index (χ0n) is 13.7. The molecule has 1 rings (SSSR count). The third-order valence-electron chi connectivity index (χ3n) is 3.66. The summed E-state index contributed by atoms with van der Waals surface area (Å²) in [5.41, 5.74) is 1.24. The number of aryl methyl sites for hydroxylation is 1. The van der Waals surface area contributed by atoms with Crippen LogP contribution >= 0.6 is 0 Å². The minimum Gasteiger partial charge on any atom is -0.508 e. The van der Waals surface area contributed by atoms with Gasteiger partial charge in [0.05, 0.1) is 0 Å². The van der Waals surface area contributed by atoms with E-state index in [0.717, 1.165) is 19.3 Å². The molecule has 0 saturated heterocycles. The van der Waals surface area contributed by atoms with E-state index in [9.17, 15) is 5.11 Å². The molecule has 1 nitrogen and oxygen atoms in total. The smallest absolute Gasteiger partial charge is 0.115 e. The molecule has 0 radical (unpaired) electrons. The summed E-state index contributed by atoms with van der Waals surface area (Å²) in [6.07, 6.45) is 21.5. The van der Waals surface area contributed by atoms with Crippen molar-refractivity contribution in [3.63, 3.8) is 0 Å². The maximum absolute atomic E-state index is 9.40. The average Bonchev–Trinajstić information content (AvgIpc) is 2.52. The Labute approximate surface area is 136 Å². The molecule has 0 fully saturated rings. The number of rotatable bonds is 12. The lowest BCUT2D eigenvalue weighted by molar-refractivity contribution is 0.474. The fraction of sp³-hybridized carbons (Fsp3) is 0.429. The summed E-state index contributed by atoms with van der Waals surface area (Å²) in [6, 6.07) is 7.61. The second-order valence-corrected chi connectivity index (χ2v) is 5.68. The standard InChI is InChI=1S/C21H30O/c1-2-3-4-5-6-7-8-9-10-11-12-13-14-16-20-17-15-18-21(22)19-20/h2,4-5,7-8,15,17-19,22H,1,3,6,9-14,16H2/b5-4+,8-7+. The normalized spacial score (nSPS) is 11.5. The first-order chi connectivity index (χ1) is 10.8. The van der Waals surface area contributed by atoms with Crippen LogP contribution < -0.4 is 0 Å². The number of allylic oxidation sites excluding steroid dienone is 5. The summed E-state index contributed by atoms with van der Waals surface area (Å²) in [6.45, 7) is 3.69. The molecule has 0 amide bonds. The van der Waals surface area contributed by atoms with Crippen LogP contribution in [0.3, 0.4) is 0 Å². The summed E-state index contributed by atoms with van der Waals surface area (Å²) < 4.78 is 0. The zero-order chi connectivity index (χ0) is 15.9. The minimum absolute atomic E-state index is 0.378. The van der Waals surface area contributed by atoms with Crippen molar-refractivity contribution < 1.29 is 5.11 Å². The van der Waals surface area contributed by atoms with Gasteiger partial charge in [-0.3, -0.25) is 0 Å². The summed E-state index contributed by atoms with van der Waals surface area (Å²) in [4.78, 5) is 0. The Morgan fingerprint density at radius 1 is 0.864 bits per heavy atom. The van der Waals surface area contributed by atoms with Gasteiger partial charge in [0.1, 0.15) is 5.75 Å². The first-order valence-electron chi connectivity index (χ1n) is 8.51. The van der Waals surface area contributed by atoms with Gasteiger partial charge in [-0.05, 0) is 56.2 Å². The van der Waals surface area contributed by atoms with Crippen molar-refractivity contribution >= 4 is 0 Å². The van der Waals surface area contributed by atoms with E-state index >= 15 is 0 Å². The van der Waals surface area contributed by atoms with Crippen LogP contribution in [0.5, 0.6) is 5.75 Å². The van der Waals surface area contributed by atoms with Crippen LogP contribution in [0.1, 0.15) is 56.9 Å². The predicted octanol–water partition coefficient (Wildman–Crippen LogP) is 6.35. The topological polar surface area (TPSA) is 20.2 Å². The van der Waals surface area contributed by atoms with Gasteiger partial charge in [0.15, 0.2) is 0 Å².